The summed E-state index contributed by atoms with van der Waals surface area (Å²) < 4.78 is 1.81. The number of carbonyl (C=O) groups excluding carboxylic acids is 1. The molecule has 0 saturated heterocycles. The normalized spacial score (nSPS) is 10.2. The van der Waals surface area contributed by atoms with E-state index >= 15 is 0 Å². The van der Waals surface area contributed by atoms with Crippen LogP contribution >= 0.6 is 0 Å². The molecule has 1 heterocycles. The van der Waals surface area contributed by atoms with Crippen molar-refractivity contribution < 1.29 is 4.79 Å². The fraction of sp³-hybridized carbons (Fsp3) is 0.167. The second-order valence-corrected chi connectivity index (χ2v) is 3.31. The second-order valence-electron chi connectivity index (χ2n) is 3.31. The van der Waals surface area contributed by atoms with Gasteiger partial charge in [-0.05, 0) is 36.2 Å². The third-order valence-corrected chi connectivity index (χ3v) is 2.37. The van der Waals surface area contributed by atoms with Crippen molar-refractivity contribution in [2.24, 2.45) is 0 Å². The zero-order valence-electron chi connectivity index (χ0n) is 8.55. The molecular weight excluding hydrogens is 188 g/mol. The molecule has 76 valence electrons. The summed E-state index contributed by atoms with van der Waals surface area (Å²) in [7, 11) is 0. The lowest BCUT2D eigenvalue weighted by Crippen LogP contribution is -2.00. The third-order valence-electron chi connectivity index (χ3n) is 2.37. The Hall–Kier alpha value is -1.90. The second kappa shape index (κ2) is 4.09. The molecule has 0 N–H and O–H groups in total. The summed E-state index contributed by atoms with van der Waals surface area (Å²) in [6.45, 7) is 2.07. The number of aldehydes is 1. The number of benzene rings is 1. The molecule has 0 saturated carbocycles. The molecule has 0 spiro atoms. The number of carbonyl (C=O) groups is 1. The fourth-order valence-electron chi connectivity index (χ4n) is 1.60. The number of hydrogen-bond donors (Lipinski definition) is 0. The molecule has 0 fully saturated rings. The molecule has 3 nitrogen and oxygen atoms in total. The van der Waals surface area contributed by atoms with Gasteiger partial charge in [0.15, 0.2) is 0 Å². The van der Waals surface area contributed by atoms with E-state index in [0.717, 1.165) is 24.0 Å². The van der Waals surface area contributed by atoms with Gasteiger partial charge in [0.1, 0.15) is 6.29 Å². The van der Waals surface area contributed by atoms with Crippen molar-refractivity contribution in [1.29, 1.82) is 0 Å². The molecule has 2 aromatic rings. The quantitative estimate of drug-likeness (QED) is 0.712. The molecule has 0 unspecified atom stereocenters. The highest BCUT2D eigenvalue weighted by molar-refractivity contribution is 5.76. The Morgan fingerprint density at radius 3 is 2.93 bits per heavy atom. The maximum atomic E-state index is 10.7. The smallest absolute Gasteiger partial charge is 0.150 e. The van der Waals surface area contributed by atoms with Crippen LogP contribution in [0, 0.1) is 0 Å². The van der Waals surface area contributed by atoms with Gasteiger partial charge in [0.2, 0.25) is 0 Å². The van der Waals surface area contributed by atoms with Gasteiger partial charge in [0, 0.05) is 18.0 Å². The number of aryl methyl sites for hydroxylation is 1. The van der Waals surface area contributed by atoms with Crippen molar-refractivity contribution in [3.8, 4) is 5.69 Å². The molecule has 0 amide bonds. The van der Waals surface area contributed by atoms with E-state index in [1.807, 2.05) is 35.1 Å². The van der Waals surface area contributed by atoms with E-state index in [9.17, 15) is 4.79 Å². The zero-order chi connectivity index (χ0) is 10.7. The fourth-order valence-corrected chi connectivity index (χ4v) is 1.60. The van der Waals surface area contributed by atoms with Crippen LogP contribution in [0.2, 0.25) is 0 Å². The van der Waals surface area contributed by atoms with Gasteiger partial charge in [0.05, 0.1) is 5.69 Å². The summed E-state index contributed by atoms with van der Waals surface area (Å²) in [4.78, 5) is 10.7. The zero-order valence-corrected chi connectivity index (χ0v) is 8.55. The van der Waals surface area contributed by atoms with Gasteiger partial charge in [-0.2, -0.15) is 5.10 Å². The highest BCUT2D eigenvalue weighted by atomic mass is 16.1. The standard InChI is InChI=1S/C12H12N2O/c1-2-11-8-10(9-15)4-5-12(11)14-7-3-6-13-14/h3-9H,2H2,1H3. The highest BCUT2D eigenvalue weighted by Gasteiger charge is 2.04. The molecular formula is C12H12N2O. The van der Waals surface area contributed by atoms with Crippen LogP contribution in [0.1, 0.15) is 22.8 Å². The van der Waals surface area contributed by atoms with Crippen LogP contribution in [0.15, 0.2) is 36.7 Å². The van der Waals surface area contributed by atoms with E-state index in [2.05, 4.69) is 12.0 Å². The monoisotopic (exact) mass is 200 g/mol. The summed E-state index contributed by atoms with van der Waals surface area (Å²) in [5.74, 6) is 0. The molecule has 0 aliphatic rings. The number of nitrogens with zero attached hydrogens (tertiary/aromatic N) is 2. The van der Waals surface area contributed by atoms with Crippen molar-refractivity contribution in [2.75, 3.05) is 0 Å². The molecule has 0 aliphatic heterocycles. The van der Waals surface area contributed by atoms with Crippen molar-refractivity contribution in [3.05, 3.63) is 47.8 Å². The minimum absolute atomic E-state index is 0.711. The number of hydrogen-bond acceptors (Lipinski definition) is 2. The van der Waals surface area contributed by atoms with Crippen LogP contribution in [0.25, 0.3) is 5.69 Å². The van der Waals surface area contributed by atoms with E-state index < -0.39 is 0 Å². The third kappa shape index (κ3) is 1.81. The van der Waals surface area contributed by atoms with Crippen molar-refractivity contribution in [2.45, 2.75) is 13.3 Å². The van der Waals surface area contributed by atoms with E-state index in [0.29, 0.717) is 5.56 Å². The van der Waals surface area contributed by atoms with Crippen molar-refractivity contribution in [1.82, 2.24) is 9.78 Å². The molecule has 0 bridgehead atoms. The van der Waals surface area contributed by atoms with Crippen LogP contribution in [-0.4, -0.2) is 16.1 Å². The van der Waals surface area contributed by atoms with Crippen LogP contribution < -0.4 is 0 Å². The average Bonchev–Trinajstić information content (AvgIpc) is 2.81. The Labute approximate surface area is 88.4 Å². The Bertz CT molecular complexity index is 460. The molecule has 1 aromatic carbocycles. The maximum absolute atomic E-state index is 10.7. The van der Waals surface area contributed by atoms with E-state index in [-0.39, 0.29) is 0 Å². The van der Waals surface area contributed by atoms with E-state index in [1.165, 1.54) is 0 Å². The number of rotatable bonds is 3. The Morgan fingerprint density at radius 2 is 2.33 bits per heavy atom. The Kier molecular flexibility index (Phi) is 2.63. The van der Waals surface area contributed by atoms with Gasteiger partial charge in [-0.3, -0.25) is 4.79 Å². The largest absolute Gasteiger partial charge is 0.298 e. The Morgan fingerprint density at radius 1 is 1.47 bits per heavy atom. The van der Waals surface area contributed by atoms with Crippen molar-refractivity contribution >= 4 is 6.29 Å². The van der Waals surface area contributed by atoms with Gasteiger partial charge in [-0.1, -0.05) is 6.92 Å². The van der Waals surface area contributed by atoms with E-state index in [4.69, 9.17) is 0 Å². The van der Waals surface area contributed by atoms with Crippen LogP contribution in [-0.2, 0) is 6.42 Å². The summed E-state index contributed by atoms with van der Waals surface area (Å²) in [6, 6.07) is 7.52. The molecule has 15 heavy (non-hydrogen) atoms. The minimum Gasteiger partial charge on any atom is -0.298 e. The lowest BCUT2D eigenvalue weighted by Gasteiger charge is -2.08. The summed E-state index contributed by atoms with van der Waals surface area (Å²) in [6.07, 6.45) is 5.39. The van der Waals surface area contributed by atoms with E-state index in [1.54, 1.807) is 6.20 Å². The molecule has 0 aliphatic carbocycles. The predicted molar refractivity (Wildman–Crippen MR) is 58.3 cm³/mol. The van der Waals surface area contributed by atoms with Gasteiger partial charge in [0.25, 0.3) is 0 Å². The molecule has 0 atom stereocenters. The molecule has 2 rings (SSSR count). The lowest BCUT2D eigenvalue weighted by atomic mass is 10.1. The van der Waals surface area contributed by atoms with Crippen LogP contribution in [0.3, 0.4) is 0 Å². The first-order chi connectivity index (χ1) is 7.35. The molecule has 0 radical (unpaired) electrons. The first-order valence-corrected chi connectivity index (χ1v) is 4.93. The van der Waals surface area contributed by atoms with Gasteiger partial charge >= 0.3 is 0 Å². The SMILES string of the molecule is CCc1cc(C=O)ccc1-n1cccn1. The minimum atomic E-state index is 0.711. The van der Waals surface area contributed by atoms with Gasteiger partial charge < -0.3 is 0 Å². The molecule has 3 heteroatoms. The first kappa shape index (κ1) is 9.65. The van der Waals surface area contributed by atoms with Crippen LogP contribution in [0.5, 0.6) is 0 Å². The summed E-state index contributed by atoms with van der Waals surface area (Å²) in [5.41, 5.74) is 2.87. The van der Waals surface area contributed by atoms with Crippen molar-refractivity contribution in [3.63, 3.8) is 0 Å². The predicted octanol–water partition coefficient (Wildman–Crippen LogP) is 2.25. The maximum Gasteiger partial charge on any atom is 0.150 e. The molecule has 1 aromatic heterocycles. The lowest BCUT2D eigenvalue weighted by molar-refractivity contribution is 0.112. The van der Waals surface area contributed by atoms with Gasteiger partial charge in [-0.15, -0.1) is 0 Å². The Balaban J connectivity index is 2.52. The summed E-state index contributed by atoms with van der Waals surface area (Å²) >= 11 is 0. The topological polar surface area (TPSA) is 34.9 Å². The first-order valence-electron chi connectivity index (χ1n) is 4.93. The summed E-state index contributed by atoms with van der Waals surface area (Å²) in [5, 5.41) is 4.18. The van der Waals surface area contributed by atoms with Gasteiger partial charge in [-0.25, -0.2) is 4.68 Å². The number of aromatic nitrogens is 2. The van der Waals surface area contributed by atoms with Crippen LogP contribution in [0.4, 0.5) is 0 Å². The average molecular weight is 200 g/mol. The highest BCUT2D eigenvalue weighted by Crippen LogP contribution is 2.15.